The molecule has 5 aromatic rings. The fourth-order valence-electron chi connectivity index (χ4n) is 5.33. The molecule has 3 aromatic carbocycles. The van der Waals surface area contributed by atoms with E-state index in [-0.39, 0.29) is 18.1 Å². The predicted molar refractivity (Wildman–Crippen MR) is 169 cm³/mol. The van der Waals surface area contributed by atoms with Gasteiger partial charge in [0.25, 0.3) is 5.91 Å². The van der Waals surface area contributed by atoms with E-state index in [1.165, 1.54) is 7.11 Å². The average molecular weight is 626 g/mol. The molecule has 0 radical (unpaired) electrons. The lowest BCUT2D eigenvalue weighted by Gasteiger charge is -2.25. The molecule has 1 aliphatic rings. The third kappa shape index (κ3) is 6.69. The van der Waals surface area contributed by atoms with E-state index in [9.17, 15) is 18.0 Å². The normalized spacial score (nSPS) is 14.6. The molecule has 12 nitrogen and oxygen atoms in total. The number of sulfone groups is 1. The van der Waals surface area contributed by atoms with Gasteiger partial charge in [0.15, 0.2) is 9.84 Å². The Morgan fingerprint density at radius 3 is 2.29 bits per heavy atom. The molecule has 1 fully saturated rings. The molecule has 1 aliphatic heterocycles. The van der Waals surface area contributed by atoms with E-state index in [1.54, 1.807) is 41.2 Å². The Bertz CT molecular complexity index is 1940. The van der Waals surface area contributed by atoms with Crippen molar-refractivity contribution in [1.82, 2.24) is 30.3 Å². The monoisotopic (exact) mass is 625 g/mol. The summed E-state index contributed by atoms with van der Waals surface area (Å²) < 4.78 is 30.3. The maximum atomic E-state index is 14.3. The molecular weight excluding hydrogens is 594 g/mol. The Hall–Kier alpha value is -5.14. The minimum absolute atomic E-state index is 0.119. The Balaban J connectivity index is 1.41. The van der Waals surface area contributed by atoms with Crippen molar-refractivity contribution in [2.75, 3.05) is 36.7 Å². The van der Waals surface area contributed by atoms with Crippen molar-refractivity contribution in [3.05, 3.63) is 108 Å². The highest BCUT2D eigenvalue weighted by Gasteiger charge is 2.27. The number of amides is 2. The second-order valence-electron chi connectivity index (χ2n) is 10.6. The van der Waals surface area contributed by atoms with Crippen molar-refractivity contribution in [3.63, 3.8) is 0 Å². The van der Waals surface area contributed by atoms with Crippen molar-refractivity contribution in [2.45, 2.75) is 13.1 Å². The molecule has 6 rings (SSSR count). The lowest BCUT2D eigenvalue weighted by molar-refractivity contribution is 0.0941. The molecule has 0 saturated carbocycles. The van der Waals surface area contributed by atoms with E-state index in [0.717, 1.165) is 10.6 Å². The first kappa shape index (κ1) is 29.9. The molecule has 13 heteroatoms. The lowest BCUT2D eigenvalue weighted by Crippen LogP contribution is -2.47. The maximum absolute atomic E-state index is 14.3. The van der Waals surface area contributed by atoms with Gasteiger partial charge in [0.05, 0.1) is 59.5 Å². The van der Waals surface area contributed by atoms with Crippen molar-refractivity contribution in [1.29, 1.82) is 0 Å². The van der Waals surface area contributed by atoms with Crippen molar-refractivity contribution < 1.29 is 22.7 Å². The number of methoxy groups -OCH3 is 1. The van der Waals surface area contributed by atoms with Crippen LogP contribution in [0.4, 0.5) is 10.5 Å². The topological polar surface area (TPSA) is 140 Å². The highest BCUT2D eigenvalue weighted by atomic mass is 32.2. The number of pyridine rings is 1. The summed E-state index contributed by atoms with van der Waals surface area (Å²) in [6.07, 6.45) is 1.03. The first-order valence-electron chi connectivity index (χ1n) is 14.3. The van der Waals surface area contributed by atoms with Crippen LogP contribution in [-0.2, 0) is 27.7 Å². The number of benzene rings is 3. The number of aromatic nitrogens is 4. The molecule has 0 unspecified atom stereocenters. The number of nitrogens with one attached hydrogen (secondary N) is 1. The summed E-state index contributed by atoms with van der Waals surface area (Å²) >= 11 is 0. The largest absolute Gasteiger partial charge is 0.451 e. The van der Waals surface area contributed by atoms with Crippen LogP contribution in [0.5, 0.6) is 0 Å². The molecule has 45 heavy (non-hydrogen) atoms. The van der Waals surface area contributed by atoms with E-state index >= 15 is 0 Å². The van der Waals surface area contributed by atoms with E-state index in [4.69, 9.17) is 9.72 Å². The van der Waals surface area contributed by atoms with Gasteiger partial charge in [0, 0.05) is 36.1 Å². The third-order valence-electron chi connectivity index (χ3n) is 7.58. The van der Waals surface area contributed by atoms with Gasteiger partial charge < -0.3 is 4.74 Å². The molecule has 230 valence electrons. The molecule has 1 N–H and O–H groups in total. The van der Waals surface area contributed by atoms with Gasteiger partial charge in [-0.15, -0.1) is 5.10 Å². The summed E-state index contributed by atoms with van der Waals surface area (Å²) in [5, 5.41) is 10.3. The minimum atomic E-state index is -3.00. The van der Waals surface area contributed by atoms with Crippen LogP contribution in [0.1, 0.15) is 21.6 Å². The van der Waals surface area contributed by atoms with Crippen LogP contribution in [0.15, 0.2) is 91.1 Å². The first-order chi connectivity index (χ1) is 21.8. The van der Waals surface area contributed by atoms with Crippen molar-refractivity contribution in [3.8, 4) is 11.3 Å². The molecule has 3 heterocycles. The van der Waals surface area contributed by atoms with Gasteiger partial charge in [0.2, 0.25) is 0 Å². The van der Waals surface area contributed by atoms with Crippen molar-refractivity contribution in [2.24, 2.45) is 0 Å². The van der Waals surface area contributed by atoms with Crippen LogP contribution in [0.2, 0.25) is 0 Å². The van der Waals surface area contributed by atoms with Crippen LogP contribution < -0.4 is 10.4 Å². The standard InChI is InChI=1S/C32H31N7O5S/c1-44-32(41)39(25-12-6-3-7-13-25)35-31(40)29-26-14-8-9-15-28(26)33-30(23-10-4-2-5-11-23)27(29)22-38-21-24(34-36-38)20-37-16-18-45(42,43)19-17-37/h2-15,21H,16-20,22H2,1H3,(H,35,40). The Morgan fingerprint density at radius 2 is 1.58 bits per heavy atom. The zero-order valence-corrected chi connectivity index (χ0v) is 25.4. The number of nitrogens with zero attached hydrogens (tertiary/aromatic N) is 6. The maximum Gasteiger partial charge on any atom is 0.433 e. The van der Waals surface area contributed by atoms with Gasteiger partial charge in [-0.2, -0.15) is 5.01 Å². The highest BCUT2D eigenvalue weighted by Crippen LogP contribution is 2.31. The molecule has 0 atom stereocenters. The van der Waals surface area contributed by atoms with E-state index in [0.29, 0.717) is 58.7 Å². The average Bonchev–Trinajstić information content (AvgIpc) is 3.51. The van der Waals surface area contributed by atoms with Crippen LogP contribution in [0.25, 0.3) is 22.2 Å². The summed E-state index contributed by atoms with van der Waals surface area (Å²) in [6, 6.07) is 25.6. The number of hydrazine groups is 1. The van der Waals surface area contributed by atoms with Gasteiger partial charge >= 0.3 is 6.09 Å². The molecule has 0 aliphatic carbocycles. The van der Waals surface area contributed by atoms with Gasteiger partial charge in [-0.05, 0) is 18.2 Å². The zero-order valence-electron chi connectivity index (χ0n) is 24.5. The number of rotatable bonds is 7. The highest BCUT2D eigenvalue weighted by molar-refractivity contribution is 7.91. The number of carbonyl (C=O) groups is 2. The number of hydrogen-bond donors (Lipinski definition) is 1. The van der Waals surface area contributed by atoms with E-state index in [1.807, 2.05) is 59.5 Å². The molecule has 2 aromatic heterocycles. The SMILES string of the molecule is COC(=O)N(NC(=O)c1c(Cn2cc(CN3CCS(=O)(=O)CC3)nn2)c(-c2ccccc2)nc2ccccc12)c1ccccc1. The number of anilines is 1. The smallest absolute Gasteiger partial charge is 0.433 e. The molecule has 2 amide bonds. The number of carbonyl (C=O) groups excluding carboxylic acids is 2. The third-order valence-corrected chi connectivity index (χ3v) is 9.19. The van der Waals surface area contributed by atoms with Gasteiger partial charge in [-0.25, -0.2) is 22.9 Å². The van der Waals surface area contributed by atoms with E-state index in [2.05, 4.69) is 15.7 Å². The van der Waals surface area contributed by atoms with Crippen LogP contribution in [-0.4, -0.2) is 77.0 Å². The second-order valence-corrected chi connectivity index (χ2v) is 12.9. The summed E-state index contributed by atoms with van der Waals surface area (Å²) in [7, 11) is -1.75. The summed E-state index contributed by atoms with van der Waals surface area (Å²) in [4.78, 5) is 34.1. The Kier molecular flexibility index (Phi) is 8.54. The molecular formula is C32H31N7O5S. The fourth-order valence-corrected chi connectivity index (χ4v) is 6.61. The Morgan fingerprint density at radius 1 is 0.911 bits per heavy atom. The summed E-state index contributed by atoms with van der Waals surface area (Å²) in [5.41, 5.74) is 6.75. The number of ether oxygens (including phenoxy) is 1. The second kappa shape index (κ2) is 12.8. The summed E-state index contributed by atoms with van der Waals surface area (Å²) in [6.45, 7) is 1.47. The molecule has 0 bridgehead atoms. The van der Waals surface area contributed by atoms with Crippen LogP contribution in [0.3, 0.4) is 0 Å². The fraction of sp³-hybridized carbons (Fsp3) is 0.219. The van der Waals surface area contributed by atoms with Crippen LogP contribution in [0, 0.1) is 0 Å². The first-order valence-corrected chi connectivity index (χ1v) is 16.2. The number of fused-ring (bicyclic) bond motifs is 1. The molecule has 1 saturated heterocycles. The quantitative estimate of drug-likeness (QED) is 0.268. The molecule has 0 spiro atoms. The van der Waals surface area contributed by atoms with Crippen LogP contribution >= 0.6 is 0 Å². The van der Waals surface area contributed by atoms with Gasteiger partial charge in [0.1, 0.15) is 0 Å². The Labute approximate surface area is 260 Å². The summed E-state index contributed by atoms with van der Waals surface area (Å²) in [5.74, 6) is -0.298. The predicted octanol–water partition coefficient (Wildman–Crippen LogP) is 3.69. The van der Waals surface area contributed by atoms with Gasteiger partial charge in [-0.1, -0.05) is 71.9 Å². The lowest BCUT2D eigenvalue weighted by atomic mass is 9.96. The number of para-hydroxylation sites is 2. The minimum Gasteiger partial charge on any atom is -0.451 e. The zero-order chi connectivity index (χ0) is 31.4. The van der Waals surface area contributed by atoms with Crippen molar-refractivity contribution >= 4 is 38.4 Å². The van der Waals surface area contributed by atoms with E-state index < -0.39 is 21.8 Å². The van der Waals surface area contributed by atoms with Gasteiger partial charge in [-0.3, -0.25) is 15.1 Å². The number of hydrogen-bond acceptors (Lipinski definition) is 9.